The Bertz CT molecular complexity index is 871. The maximum absolute atomic E-state index is 12.3. The summed E-state index contributed by atoms with van der Waals surface area (Å²) in [5, 5.41) is 11.2. The lowest BCUT2D eigenvalue weighted by Crippen LogP contribution is -2.13. The van der Waals surface area contributed by atoms with Crippen LogP contribution in [0, 0.1) is 3.57 Å². The highest BCUT2D eigenvalue weighted by Gasteiger charge is 2.15. The molecule has 7 nitrogen and oxygen atoms in total. The minimum atomic E-state index is -0.249. The molecule has 124 valence electrons. The maximum Gasteiger partial charge on any atom is 0.277 e. The van der Waals surface area contributed by atoms with Gasteiger partial charge in [-0.1, -0.05) is 12.1 Å². The molecule has 0 bridgehead atoms. The monoisotopic (exact) mass is 437 g/mol. The topological polar surface area (TPSA) is 74.0 Å². The predicted molar refractivity (Wildman–Crippen MR) is 98.2 cm³/mol. The molecule has 2 aromatic heterocycles. The molecule has 0 atom stereocenters. The number of nitrogens with zero attached hydrogens (tertiary/aromatic N) is 4. The van der Waals surface area contributed by atoms with Crippen molar-refractivity contribution in [3.8, 4) is 5.75 Å². The normalized spacial score (nSPS) is 10.6. The zero-order chi connectivity index (χ0) is 17.1. The molecule has 0 radical (unpaired) electrons. The van der Waals surface area contributed by atoms with Crippen LogP contribution in [0.1, 0.15) is 16.1 Å². The first kappa shape index (κ1) is 16.5. The van der Waals surface area contributed by atoms with Crippen LogP contribution in [-0.2, 0) is 13.6 Å². The van der Waals surface area contributed by atoms with Crippen molar-refractivity contribution < 1.29 is 9.53 Å². The van der Waals surface area contributed by atoms with Gasteiger partial charge in [0.15, 0.2) is 5.69 Å². The Morgan fingerprint density at radius 2 is 2.21 bits per heavy atom. The van der Waals surface area contributed by atoms with Gasteiger partial charge in [0, 0.05) is 19.4 Å². The predicted octanol–water partition coefficient (Wildman–Crippen LogP) is 2.53. The summed E-state index contributed by atoms with van der Waals surface area (Å²) in [6.45, 7) is 0.591. The number of hydrogen-bond acceptors (Lipinski definition) is 4. The van der Waals surface area contributed by atoms with E-state index >= 15 is 0 Å². The number of amides is 1. The SMILES string of the molecule is COc1cccc(Cn2cc(NC(=O)c3nn(C)cc3I)cn2)c1. The van der Waals surface area contributed by atoms with E-state index in [-0.39, 0.29) is 5.91 Å². The van der Waals surface area contributed by atoms with E-state index in [0.717, 1.165) is 14.9 Å². The highest BCUT2D eigenvalue weighted by atomic mass is 127. The number of carbonyl (C=O) groups is 1. The highest BCUT2D eigenvalue weighted by molar-refractivity contribution is 14.1. The minimum Gasteiger partial charge on any atom is -0.497 e. The van der Waals surface area contributed by atoms with Crippen molar-refractivity contribution in [2.45, 2.75) is 6.54 Å². The molecule has 0 unspecified atom stereocenters. The summed E-state index contributed by atoms with van der Waals surface area (Å²) >= 11 is 2.09. The quantitative estimate of drug-likeness (QED) is 0.623. The Morgan fingerprint density at radius 1 is 1.38 bits per heavy atom. The third-order valence-corrected chi connectivity index (χ3v) is 4.16. The lowest BCUT2D eigenvalue weighted by atomic mass is 10.2. The molecule has 3 rings (SSSR count). The summed E-state index contributed by atoms with van der Waals surface area (Å²) in [7, 11) is 3.42. The molecule has 1 aromatic carbocycles. The second-order valence-electron chi connectivity index (χ2n) is 5.23. The molecule has 3 aromatic rings. The van der Waals surface area contributed by atoms with E-state index < -0.39 is 0 Å². The number of rotatable bonds is 5. The standard InChI is InChI=1S/C16H16IN5O2/c1-21-10-14(17)15(20-21)16(23)19-12-7-18-22(9-12)8-11-4-3-5-13(6-11)24-2/h3-7,9-10H,8H2,1-2H3,(H,19,23). The number of benzene rings is 1. The first-order valence-electron chi connectivity index (χ1n) is 7.21. The molecule has 0 aliphatic heterocycles. The summed E-state index contributed by atoms with van der Waals surface area (Å²) in [6.07, 6.45) is 5.20. The first-order valence-corrected chi connectivity index (χ1v) is 8.29. The van der Waals surface area contributed by atoms with Gasteiger partial charge in [-0.15, -0.1) is 0 Å². The molecule has 0 saturated carbocycles. The van der Waals surface area contributed by atoms with Crippen molar-refractivity contribution in [1.82, 2.24) is 19.6 Å². The van der Waals surface area contributed by atoms with Crippen LogP contribution in [0.25, 0.3) is 0 Å². The fraction of sp³-hybridized carbons (Fsp3) is 0.188. The Balaban J connectivity index is 1.69. The molecule has 0 aliphatic rings. The lowest BCUT2D eigenvalue weighted by molar-refractivity contribution is 0.102. The number of carbonyl (C=O) groups excluding carboxylic acids is 1. The number of hydrogen-bond donors (Lipinski definition) is 1. The maximum atomic E-state index is 12.3. The molecule has 0 aliphatic carbocycles. The molecule has 8 heteroatoms. The largest absolute Gasteiger partial charge is 0.497 e. The van der Waals surface area contributed by atoms with Crippen molar-refractivity contribution in [3.63, 3.8) is 0 Å². The number of ether oxygens (including phenoxy) is 1. The van der Waals surface area contributed by atoms with E-state index in [2.05, 4.69) is 38.1 Å². The van der Waals surface area contributed by atoms with Crippen LogP contribution in [0.5, 0.6) is 5.75 Å². The molecule has 1 N–H and O–H groups in total. The van der Waals surface area contributed by atoms with Crippen molar-refractivity contribution in [3.05, 3.63) is 57.7 Å². The van der Waals surface area contributed by atoms with Gasteiger partial charge in [-0.2, -0.15) is 10.2 Å². The molecular weight excluding hydrogens is 421 g/mol. The zero-order valence-electron chi connectivity index (χ0n) is 13.2. The average molecular weight is 437 g/mol. The van der Waals surface area contributed by atoms with Crippen LogP contribution < -0.4 is 10.1 Å². The van der Waals surface area contributed by atoms with E-state index in [1.807, 2.05) is 24.3 Å². The number of aryl methyl sites for hydroxylation is 1. The average Bonchev–Trinajstić information content (AvgIpc) is 3.13. The van der Waals surface area contributed by atoms with E-state index in [4.69, 9.17) is 4.74 Å². The van der Waals surface area contributed by atoms with Gasteiger partial charge in [0.05, 0.1) is 29.1 Å². The lowest BCUT2D eigenvalue weighted by Gasteiger charge is -2.04. The zero-order valence-corrected chi connectivity index (χ0v) is 15.4. The van der Waals surface area contributed by atoms with Crippen molar-refractivity contribution in [2.24, 2.45) is 7.05 Å². The van der Waals surface area contributed by atoms with Crippen LogP contribution in [0.3, 0.4) is 0 Å². The number of nitrogens with one attached hydrogen (secondary N) is 1. The second kappa shape index (κ2) is 7.04. The van der Waals surface area contributed by atoms with Crippen LogP contribution in [-0.4, -0.2) is 32.6 Å². The highest BCUT2D eigenvalue weighted by Crippen LogP contribution is 2.16. The molecule has 0 saturated heterocycles. The van der Waals surface area contributed by atoms with Crippen molar-refractivity contribution in [1.29, 1.82) is 0 Å². The fourth-order valence-electron chi connectivity index (χ4n) is 2.28. The number of halogens is 1. The van der Waals surface area contributed by atoms with Gasteiger partial charge in [-0.05, 0) is 40.3 Å². The molecule has 2 heterocycles. The Kier molecular flexibility index (Phi) is 4.84. The number of aromatic nitrogens is 4. The third kappa shape index (κ3) is 3.75. The first-order chi connectivity index (χ1) is 11.5. The third-order valence-electron chi connectivity index (χ3n) is 3.37. The summed E-state index contributed by atoms with van der Waals surface area (Å²) in [6, 6.07) is 7.78. The van der Waals surface area contributed by atoms with E-state index in [1.54, 1.807) is 42.1 Å². The summed E-state index contributed by atoms with van der Waals surface area (Å²) < 4.78 is 9.39. The van der Waals surface area contributed by atoms with E-state index in [1.165, 1.54) is 0 Å². The van der Waals surface area contributed by atoms with E-state index in [0.29, 0.717) is 17.9 Å². The Morgan fingerprint density at radius 3 is 2.92 bits per heavy atom. The van der Waals surface area contributed by atoms with Gasteiger partial charge in [0.1, 0.15) is 5.75 Å². The van der Waals surface area contributed by atoms with Gasteiger partial charge in [0.2, 0.25) is 0 Å². The second-order valence-corrected chi connectivity index (χ2v) is 6.39. The van der Waals surface area contributed by atoms with E-state index in [9.17, 15) is 4.79 Å². The number of methoxy groups -OCH3 is 1. The van der Waals surface area contributed by atoms with Gasteiger partial charge in [0.25, 0.3) is 5.91 Å². The van der Waals surface area contributed by atoms with Crippen LogP contribution in [0.4, 0.5) is 5.69 Å². The number of anilines is 1. The Hall–Kier alpha value is -2.36. The summed E-state index contributed by atoms with van der Waals surface area (Å²) in [5.41, 5.74) is 2.09. The van der Waals surface area contributed by atoms with Crippen LogP contribution in [0.15, 0.2) is 42.9 Å². The van der Waals surface area contributed by atoms with Gasteiger partial charge in [-0.25, -0.2) is 0 Å². The van der Waals surface area contributed by atoms with Crippen LogP contribution >= 0.6 is 22.6 Å². The van der Waals surface area contributed by atoms with Gasteiger partial charge >= 0.3 is 0 Å². The van der Waals surface area contributed by atoms with Crippen molar-refractivity contribution >= 4 is 34.2 Å². The smallest absolute Gasteiger partial charge is 0.277 e. The summed E-state index contributed by atoms with van der Waals surface area (Å²) in [4.78, 5) is 12.3. The van der Waals surface area contributed by atoms with Crippen molar-refractivity contribution in [2.75, 3.05) is 12.4 Å². The van der Waals surface area contributed by atoms with Crippen LogP contribution in [0.2, 0.25) is 0 Å². The summed E-state index contributed by atoms with van der Waals surface area (Å²) in [5.74, 6) is 0.554. The Labute approximate surface area is 152 Å². The van der Waals surface area contributed by atoms with Gasteiger partial charge < -0.3 is 10.1 Å². The molecule has 24 heavy (non-hydrogen) atoms. The molecular formula is C16H16IN5O2. The molecule has 1 amide bonds. The fourth-order valence-corrected chi connectivity index (χ4v) is 3.03. The minimum absolute atomic E-state index is 0.249. The molecule has 0 fully saturated rings. The molecule has 0 spiro atoms. The van der Waals surface area contributed by atoms with Gasteiger partial charge in [-0.3, -0.25) is 14.2 Å².